The molecule has 0 unspecified atom stereocenters. The molecule has 1 aromatic heterocycles. The molecule has 0 saturated heterocycles. The van der Waals surface area contributed by atoms with Crippen molar-refractivity contribution in [2.75, 3.05) is 11.4 Å². The van der Waals surface area contributed by atoms with Gasteiger partial charge in [0, 0.05) is 24.8 Å². The zero-order chi connectivity index (χ0) is 19.0. The number of hydrogen-bond acceptors (Lipinski definition) is 4. The van der Waals surface area contributed by atoms with E-state index in [1.165, 1.54) is 12.1 Å². The summed E-state index contributed by atoms with van der Waals surface area (Å²) in [6, 6.07) is 12.0. The van der Waals surface area contributed by atoms with Gasteiger partial charge >= 0.3 is 5.97 Å². The first-order valence-corrected chi connectivity index (χ1v) is 8.72. The highest BCUT2D eigenvalue weighted by Crippen LogP contribution is 2.34. The Kier molecular flexibility index (Phi) is 4.32. The number of carboxylic acid groups (broad SMARTS) is 1. The smallest absolute Gasteiger partial charge is 0.336 e. The summed E-state index contributed by atoms with van der Waals surface area (Å²) in [6.45, 7) is 2.49. The predicted octanol–water partition coefficient (Wildman–Crippen LogP) is 3.91. The van der Waals surface area contributed by atoms with Crippen molar-refractivity contribution in [3.05, 3.63) is 82.4 Å². The highest BCUT2D eigenvalue weighted by molar-refractivity contribution is 5.92. The Bertz CT molecular complexity index is 1020. The zero-order valence-electron chi connectivity index (χ0n) is 14.8. The molecule has 4 rings (SSSR count). The topological polar surface area (TPSA) is 66.3 Å². The fraction of sp³-hybridized carbons (Fsp3) is 0.190. The van der Waals surface area contributed by atoms with Gasteiger partial charge in [-0.25, -0.2) is 19.2 Å². The summed E-state index contributed by atoms with van der Waals surface area (Å²) in [7, 11) is 0. The summed E-state index contributed by atoms with van der Waals surface area (Å²) in [5.74, 6) is -0.652. The van der Waals surface area contributed by atoms with E-state index in [1.54, 1.807) is 18.3 Å². The number of rotatable bonds is 4. The lowest BCUT2D eigenvalue weighted by molar-refractivity contribution is 0.0696. The first-order valence-electron chi connectivity index (χ1n) is 8.72. The normalized spacial score (nSPS) is 12.9. The molecule has 1 aliphatic heterocycles. The molecule has 0 saturated carbocycles. The second kappa shape index (κ2) is 6.79. The zero-order valence-corrected chi connectivity index (χ0v) is 14.8. The molecule has 27 heavy (non-hydrogen) atoms. The first kappa shape index (κ1) is 17.1. The number of aryl methyl sites for hydroxylation is 1. The quantitative estimate of drug-likeness (QED) is 0.761. The van der Waals surface area contributed by atoms with Crippen LogP contribution in [0.2, 0.25) is 0 Å². The fourth-order valence-corrected chi connectivity index (χ4v) is 3.58. The number of carboxylic acids is 1. The Hall–Kier alpha value is -3.28. The van der Waals surface area contributed by atoms with Crippen molar-refractivity contribution in [1.29, 1.82) is 0 Å². The number of carbonyl (C=O) groups is 1. The average molecular weight is 363 g/mol. The second-order valence-electron chi connectivity index (χ2n) is 6.67. The maximum atomic E-state index is 13.6. The molecular weight excluding hydrogens is 345 g/mol. The lowest BCUT2D eigenvalue weighted by Gasteiger charge is -2.18. The molecule has 0 atom stereocenters. The van der Waals surface area contributed by atoms with E-state index in [9.17, 15) is 14.3 Å². The summed E-state index contributed by atoms with van der Waals surface area (Å²) < 4.78 is 13.6. The maximum absolute atomic E-state index is 13.6. The van der Waals surface area contributed by atoms with Gasteiger partial charge in [-0.05, 0) is 60.4 Å². The molecule has 6 heteroatoms. The standard InChI is InChI=1S/C21H18FN3O2/c1-13-9-14(11-15(22)10-13)12-16-5-7-23-21(24-16)25-8-6-17-18(20(26)27)3-2-4-19(17)25/h2-5,7,9-11H,6,8,12H2,1H3,(H,26,27). The monoisotopic (exact) mass is 363 g/mol. The molecular formula is C21H18FN3O2. The van der Waals surface area contributed by atoms with Gasteiger partial charge in [0.15, 0.2) is 0 Å². The third-order valence-electron chi connectivity index (χ3n) is 4.69. The highest BCUT2D eigenvalue weighted by Gasteiger charge is 2.26. The number of hydrogen-bond donors (Lipinski definition) is 1. The van der Waals surface area contributed by atoms with Crippen molar-refractivity contribution in [1.82, 2.24) is 9.97 Å². The van der Waals surface area contributed by atoms with E-state index in [0.717, 1.165) is 28.1 Å². The maximum Gasteiger partial charge on any atom is 0.336 e. The van der Waals surface area contributed by atoms with Gasteiger partial charge in [-0.3, -0.25) is 0 Å². The Morgan fingerprint density at radius 2 is 2.11 bits per heavy atom. The van der Waals surface area contributed by atoms with Crippen molar-refractivity contribution in [2.24, 2.45) is 0 Å². The lowest BCUT2D eigenvalue weighted by atomic mass is 10.1. The third kappa shape index (κ3) is 3.38. The van der Waals surface area contributed by atoms with E-state index >= 15 is 0 Å². The SMILES string of the molecule is Cc1cc(F)cc(Cc2ccnc(N3CCc4c(C(=O)O)cccc43)n2)c1. The summed E-state index contributed by atoms with van der Waals surface area (Å²) in [5, 5.41) is 9.38. The van der Waals surface area contributed by atoms with Crippen LogP contribution in [0.3, 0.4) is 0 Å². The van der Waals surface area contributed by atoms with E-state index in [4.69, 9.17) is 0 Å². The van der Waals surface area contributed by atoms with Crippen LogP contribution in [0.1, 0.15) is 32.7 Å². The van der Waals surface area contributed by atoms with Crippen LogP contribution in [0.15, 0.2) is 48.7 Å². The van der Waals surface area contributed by atoms with Crippen LogP contribution in [-0.2, 0) is 12.8 Å². The summed E-state index contributed by atoms with van der Waals surface area (Å²) >= 11 is 0. The highest BCUT2D eigenvalue weighted by atomic mass is 19.1. The van der Waals surface area contributed by atoms with E-state index in [1.807, 2.05) is 30.0 Å². The summed E-state index contributed by atoms with van der Waals surface area (Å²) in [5.41, 5.74) is 4.46. The van der Waals surface area contributed by atoms with Crippen LogP contribution in [0.5, 0.6) is 0 Å². The largest absolute Gasteiger partial charge is 0.478 e. The minimum absolute atomic E-state index is 0.256. The molecule has 1 N–H and O–H groups in total. The molecule has 0 fully saturated rings. The molecule has 1 aliphatic rings. The minimum atomic E-state index is -0.926. The van der Waals surface area contributed by atoms with Gasteiger partial charge in [-0.1, -0.05) is 12.1 Å². The van der Waals surface area contributed by atoms with Gasteiger partial charge < -0.3 is 10.0 Å². The fourth-order valence-electron chi connectivity index (χ4n) is 3.58. The van der Waals surface area contributed by atoms with E-state index in [-0.39, 0.29) is 5.82 Å². The Balaban J connectivity index is 1.65. The van der Waals surface area contributed by atoms with Crippen molar-refractivity contribution < 1.29 is 14.3 Å². The van der Waals surface area contributed by atoms with Crippen LogP contribution in [0.4, 0.5) is 16.0 Å². The van der Waals surface area contributed by atoms with E-state index < -0.39 is 5.97 Å². The Labute approximate surface area is 156 Å². The first-order chi connectivity index (χ1) is 13.0. The molecule has 0 spiro atoms. The van der Waals surface area contributed by atoms with Crippen molar-refractivity contribution in [3.8, 4) is 0 Å². The molecule has 0 aliphatic carbocycles. The van der Waals surface area contributed by atoms with Crippen LogP contribution in [0, 0.1) is 12.7 Å². The number of halogens is 1. The molecule has 0 bridgehead atoms. The van der Waals surface area contributed by atoms with Gasteiger partial charge in [0.2, 0.25) is 5.95 Å². The Morgan fingerprint density at radius 3 is 2.89 bits per heavy atom. The number of aromatic nitrogens is 2. The molecule has 136 valence electrons. The van der Waals surface area contributed by atoms with Crippen LogP contribution >= 0.6 is 0 Å². The lowest BCUT2D eigenvalue weighted by Crippen LogP contribution is -2.17. The van der Waals surface area contributed by atoms with Crippen molar-refractivity contribution in [2.45, 2.75) is 19.8 Å². The van der Waals surface area contributed by atoms with E-state index in [2.05, 4.69) is 9.97 Å². The van der Waals surface area contributed by atoms with Crippen molar-refractivity contribution in [3.63, 3.8) is 0 Å². The molecule has 3 aromatic rings. The molecule has 5 nitrogen and oxygen atoms in total. The number of fused-ring (bicyclic) bond motifs is 1. The number of benzene rings is 2. The predicted molar refractivity (Wildman–Crippen MR) is 100 cm³/mol. The average Bonchev–Trinajstić information content (AvgIpc) is 3.05. The minimum Gasteiger partial charge on any atom is -0.478 e. The number of aromatic carboxylic acids is 1. The van der Waals surface area contributed by atoms with Crippen molar-refractivity contribution >= 4 is 17.6 Å². The summed E-state index contributed by atoms with van der Waals surface area (Å²) in [4.78, 5) is 22.4. The van der Waals surface area contributed by atoms with Gasteiger partial charge in [0.1, 0.15) is 5.82 Å². The van der Waals surface area contributed by atoms with E-state index in [0.29, 0.717) is 30.9 Å². The Morgan fingerprint density at radius 1 is 1.26 bits per heavy atom. The van der Waals surface area contributed by atoms with Gasteiger partial charge in [0.25, 0.3) is 0 Å². The van der Waals surface area contributed by atoms with Crippen LogP contribution in [0.25, 0.3) is 0 Å². The number of nitrogens with zero attached hydrogens (tertiary/aromatic N) is 3. The third-order valence-corrected chi connectivity index (χ3v) is 4.69. The molecule has 0 radical (unpaired) electrons. The van der Waals surface area contributed by atoms with Crippen LogP contribution < -0.4 is 4.90 Å². The number of anilines is 2. The van der Waals surface area contributed by atoms with Gasteiger partial charge in [0.05, 0.1) is 11.3 Å². The second-order valence-corrected chi connectivity index (χ2v) is 6.67. The molecule has 2 aromatic carbocycles. The van der Waals surface area contributed by atoms with Crippen LogP contribution in [-0.4, -0.2) is 27.6 Å². The molecule has 2 heterocycles. The summed E-state index contributed by atoms with van der Waals surface area (Å²) in [6.07, 6.45) is 2.82. The van der Waals surface area contributed by atoms with Gasteiger partial charge in [-0.15, -0.1) is 0 Å². The van der Waals surface area contributed by atoms with Gasteiger partial charge in [-0.2, -0.15) is 0 Å². The molecule has 0 amide bonds.